The Kier molecular flexibility index (Phi) is 3.65. The van der Waals surface area contributed by atoms with E-state index in [0.29, 0.717) is 17.1 Å². The Morgan fingerprint density at radius 3 is 2.45 bits per heavy atom. The molecule has 2 N–H and O–H groups in total. The van der Waals surface area contributed by atoms with Crippen molar-refractivity contribution in [3.63, 3.8) is 0 Å². The number of hydrogen-bond acceptors (Lipinski definition) is 5. The van der Waals surface area contributed by atoms with Crippen LogP contribution in [0.15, 0.2) is 29.5 Å². The van der Waals surface area contributed by atoms with Crippen LogP contribution in [-0.4, -0.2) is 31.0 Å². The fraction of sp³-hybridized carbons (Fsp3) is 0.286. The Morgan fingerprint density at radius 1 is 1.25 bits per heavy atom. The predicted molar refractivity (Wildman–Crippen MR) is 70.8 cm³/mol. The first kappa shape index (κ1) is 13.9. The molecule has 1 atom stereocenters. The summed E-state index contributed by atoms with van der Waals surface area (Å²) in [5, 5.41) is 12.2. The van der Waals surface area contributed by atoms with E-state index in [9.17, 15) is 14.7 Å². The Morgan fingerprint density at radius 2 is 1.90 bits per heavy atom. The zero-order valence-electron chi connectivity index (χ0n) is 11.4. The molecule has 20 heavy (non-hydrogen) atoms. The predicted octanol–water partition coefficient (Wildman–Crippen LogP) is 1.28. The maximum atomic E-state index is 11.6. The largest absolute Gasteiger partial charge is 0.503 e. The SMILES string of the molecule is COc1ccc(C2NC(=O)C(O)=C2C(C)=O)cc1OC. The number of methoxy groups -OCH3 is 2. The number of ether oxygens (including phenoxy) is 2. The van der Waals surface area contributed by atoms with Gasteiger partial charge in [0.15, 0.2) is 23.0 Å². The van der Waals surface area contributed by atoms with E-state index in [1.165, 1.54) is 21.1 Å². The second-order valence-corrected chi connectivity index (χ2v) is 4.34. The smallest absolute Gasteiger partial charge is 0.287 e. The highest BCUT2D eigenvalue weighted by atomic mass is 16.5. The second kappa shape index (κ2) is 5.24. The maximum absolute atomic E-state index is 11.6. The van der Waals surface area contributed by atoms with E-state index in [0.717, 1.165) is 0 Å². The van der Waals surface area contributed by atoms with Crippen molar-refractivity contribution < 1.29 is 24.2 Å². The zero-order chi connectivity index (χ0) is 14.9. The van der Waals surface area contributed by atoms with Gasteiger partial charge >= 0.3 is 0 Å². The van der Waals surface area contributed by atoms with Crippen LogP contribution in [0.25, 0.3) is 0 Å². The van der Waals surface area contributed by atoms with E-state index in [1.54, 1.807) is 18.2 Å². The van der Waals surface area contributed by atoms with Crippen LogP contribution in [0.1, 0.15) is 18.5 Å². The lowest BCUT2D eigenvalue weighted by molar-refractivity contribution is -0.119. The van der Waals surface area contributed by atoms with Crippen molar-refractivity contribution in [1.82, 2.24) is 5.32 Å². The van der Waals surface area contributed by atoms with Crippen molar-refractivity contribution in [2.24, 2.45) is 0 Å². The number of carbonyl (C=O) groups is 2. The van der Waals surface area contributed by atoms with Crippen LogP contribution in [0.5, 0.6) is 11.5 Å². The Hall–Kier alpha value is -2.50. The second-order valence-electron chi connectivity index (χ2n) is 4.34. The fourth-order valence-corrected chi connectivity index (χ4v) is 2.18. The van der Waals surface area contributed by atoms with Crippen molar-refractivity contribution in [1.29, 1.82) is 0 Å². The molecule has 0 bridgehead atoms. The minimum atomic E-state index is -0.681. The molecule has 0 aromatic heterocycles. The first-order valence-electron chi connectivity index (χ1n) is 5.96. The first-order valence-corrected chi connectivity index (χ1v) is 5.96. The number of aliphatic hydroxyl groups excluding tert-OH is 1. The molecule has 1 aromatic rings. The third-order valence-electron chi connectivity index (χ3n) is 3.15. The summed E-state index contributed by atoms with van der Waals surface area (Å²) in [5.41, 5.74) is 0.687. The van der Waals surface area contributed by atoms with Gasteiger partial charge in [0.05, 0.1) is 25.8 Å². The summed E-state index contributed by atoms with van der Waals surface area (Å²) in [4.78, 5) is 23.1. The zero-order valence-corrected chi connectivity index (χ0v) is 11.4. The van der Waals surface area contributed by atoms with Crippen molar-refractivity contribution in [3.05, 3.63) is 35.1 Å². The minimum Gasteiger partial charge on any atom is -0.503 e. The molecule has 0 saturated heterocycles. The number of aliphatic hydroxyl groups is 1. The van der Waals surface area contributed by atoms with Crippen LogP contribution >= 0.6 is 0 Å². The highest BCUT2D eigenvalue weighted by Crippen LogP contribution is 2.35. The lowest BCUT2D eigenvalue weighted by atomic mass is 9.97. The lowest BCUT2D eigenvalue weighted by Gasteiger charge is -2.16. The third-order valence-corrected chi connectivity index (χ3v) is 3.15. The van der Waals surface area contributed by atoms with Gasteiger partial charge in [0, 0.05) is 0 Å². The molecule has 6 heteroatoms. The molecular weight excluding hydrogens is 262 g/mol. The van der Waals surface area contributed by atoms with Gasteiger partial charge in [0.25, 0.3) is 5.91 Å². The molecule has 0 radical (unpaired) electrons. The molecule has 0 aliphatic carbocycles. The normalized spacial score (nSPS) is 17.9. The Balaban J connectivity index is 2.47. The molecular formula is C14H15NO5. The van der Waals surface area contributed by atoms with E-state index in [-0.39, 0.29) is 11.4 Å². The summed E-state index contributed by atoms with van der Waals surface area (Å²) in [5.74, 6) is -0.528. The van der Waals surface area contributed by atoms with E-state index in [4.69, 9.17) is 9.47 Å². The van der Waals surface area contributed by atoms with Crippen LogP contribution in [-0.2, 0) is 9.59 Å². The van der Waals surface area contributed by atoms with Crippen LogP contribution in [0.2, 0.25) is 0 Å². The summed E-state index contributed by atoms with van der Waals surface area (Å²) in [7, 11) is 3.01. The third kappa shape index (κ3) is 2.20. The fourth-order valence-electron chi connectivity index (χ4n) is 2.18. The van der Waals surface area contributed by atoms with Gasteiger partial charge in [-0.15, -0.1) is 0 Å². The van der Waals surface area contributed by atoms with Crippen molar-refractivity contribution >= 4 is 11.7 Å². The van der Waals surface area contributed by atoms with E-state index in [1.807, 2.05) is 0 Å². The molecule has 106 valence electrons. The number of amides is 1. The highest BCUT2D eigenvalue weighted by molar-refractivity contribution is 6.08. The number of rotatable bonds is 4. The van der Waals surface area contributed by atoms with E-state index < -0.39 is 17.7 Å². The number of nitrogens with one attached hydrogen (secondary N) is 1. The molecule has 0 spiro atoms. The van der Waals surface area contributed by atoms with Gasteiger partial charge in [-0.3, -0.25) is 9.59 Å². The molecule has 1 aliphatic rings. The van der Waals surface area contributed by atoms with Gasteiger partial charge in [0.1, 0.15) is 0 Å². The molecule has 2 rings (SSSR count). The standard InChI is InChI=1S/C14H15NO5/c1-7(16)11-12(15-14(18)13(11)17)8-4-5-9(19-2)10(6-8)20-3/h4-6,12,17H,1-3H3,(H,15,18). The summed E-state index contributed by atoms with van der Waals surface area (Å²) < 4.78 is 10.3. The van der Waals surface area contributed by atoms with Gasteiger partial charge in [-0.25, -0.2) is 0 Å². The van der Waals surface area contributed by atoms with Crippen LogP contribution in [0.3, 0.4) is 0 Å². The molecule has 1 heterocycles. The quantitative estimate of drug-likeness (QED) is 0.866. The lowest BCUT2D eigenvalue weighted by Crippen LogP contribution is -2.23. The van der Waals surface area contributed by atoms with Gasteiger partial charge in [-0.05, 0) is 24.6 Å². The number of hydrogen-bond donors (Lipinski definition) is 2. The molecule has 0 fully saturated rings. The van der Waals surface area contributed by atoms with Gasteiger partial charge in [-0.2, -0.15) is 0 Å². The average molecular weight is 277 g/mol. The van der Waals surface area contributed by atoms with Crippen LogP contribution in [0, 0.1) is 0 Å². The molecule has 1 aliphatic heterocycles. The molecule has 1 unspecified atom stereocenters. The van der Waals surface area contributed by atoms with E-state index in [2.05, 4.69) is 5.32 Å². The summed E-state index contributed by atoms with van der Waals surface area (Å²) >= 11 is 0. The Bertz CT molecular complexity index is 606. The Labute approximate surface area is 116 Å². The number of carbonyl (C=O) groups excluding carboxylic acids is 2. The summed E-state index contributed by atoms with van der Waals surface area (Å²) in [6.45, 7) is 1.31. The van der Waals surface area contributed by atoms with Gasteiger partial charge < -0.3 is 19.9 Å². The molecule has 1 amide bonds. The molecule has 1 aromatic carbocycles. The number of benzene rings is 1. The van der Waals surface area contributed by atoms with E-state index >= 15 is 0 Å². The first-order chi connectivity index (χ1) is 9.49. The van der Waals surface area contributed by atoms with Crippen molar-refractivity contribution in [2.75, 3.05) is 14.2 Å². The molecule has 6 nitrogen and oxygen atoms in total. The average Bonchev–Trinajstić information content (AvgIpc) is 2.74. The number of ketones is 1. The van der Waals surface area contributed by atoms with Crippen LogP contribution < -0.4 is 14.8 Å². The summed E-state index contributed by atoms with van der Waals surface area (Å²) in [6, 6.07) is 4.35. The monoisotopic (exact) mass is 277 g/mol. The van der Waals surface area contributed by atoms with Crippen LogP contribution in [0.4, 0.5) is 0 Å². The number of Topliss-reactive ketones (excluding diaryl/α,β-unsaturated/α-hetero) is 1. The van der Waals surface area contributed by atoms with Crippen molar-refractivity contribution in [2.45, 2.75) is 13.0 Å². The minimum absolute atomic E-state index is 0.0576. The van der Waals surface area contributed by atoms with Gasteiger partial charge in [0.2, 0.25) is 0 Å². The topological polar surface area (TPSA) is 84.9 Å². The van der Waals surface area contributed by atoms with Gasteiger partial charge in [-0.1, -0.05) is 6.07 Å². The maximum Gasteiger partial charge on any atom is 0.287 e. The highest BCUT2D eigenvalue weighted by Gasteiger charge is 2.35. The molecule has 0 saturated carbocycles. The summed E-state index contributed by atoms with van der Waals surface area (Å²) in [6.07, 6.45) is 0. The van der Waals surface area contributed by atoms with Crippen molar-refractivity contribution in [3.8, 4) is 11.5 Å².